The highest BCUT2D eigenvalue weighted by atomic mass is 35.5. The molecule has 1 heterocycles. The molecule has 0 saturated carbocycles. The first-order valence-corrected chi connectivity index (χ1v) is 6.96. The molecule has 0 unspecified atom stereocenters. The highest BCUT2D eigenvalue weighted by Gasteiger charge is 2.12. The summed E-state index contributed by atoms with van der Waals surface area (Å²) in [5.74, 6) is 0.644. The largest absolute Gasteiger partial charge is 0.359 e. The molecule has 5 nitrogen and oxygen atoms in total. The fraction of sp³-hybridized carbons (Fsp3) is 0.133. The molecular formula is C15H14ClN5. The first-order valence-electron chi connectivity index (χ1n) is 6.58. The Kier molecular flexibility index (Phi) is 4.12. The van der Waals surface area contributed by atoms with Gasteiger partial charge in [-0.1, -0.05) is 53.2 Å². The number of tetrazole rings is 1. The van der Waals surface area contributed by atoms with E-state index in [1.54, 1.807) is 0 Å². The van der Waals surface area contributed by atoms with Crippen LogP contribution in [0.3, 0.4) is 0 Å². The van der Waals surface area contributed by atoms with Crippen molar-refractivity contribution in [3.05, 3.63) is 71.0 Å². The summed E-state index contributed by atoms with van der Waals surface area (Å²) in [5, 5.41) is 14.9. The van der Waals surface area contributed by atoms with Crippen LogP contribution in [0, 0.1) is 0 Å². The van der Waals surface area contributed by atoms with E-state index in [1.807, 2.05) is 42.5 Å². The van der Waals surface area contributed by atoms with Crippen molar-refractivity contribution in [2.24, 2.45) is 0 Å². The van der Waals surface area contributed by atoms with E-state index >= 15 is 0 Å². The minimum Gasteiger partial charge on any atom is -0.359 e. The summed E-state index contributed by atoms with van der Waals surface area (Å²) >= 11 is 6.26. The van der Waals surface area contributed by atoms with Gasteiger partial charge in [0.25, 0.3) is 0 Å². The van der Waals surface area contributed by atoms with Gasteiger partial charge in [0.05, 0.1) is 6.54 Å². The number of hydrogen-bond acceptors (Lipinski definition) is 4. The van der Waals surface area contributed by atoms with E-state index in [0.29, 0.717) is 18.9 Å². The average molecular weight is 300 g/mol. The lowest BCUT2D eigenvalue weighted by Gasteiger charge is -2.24. The van der Waals surface area contributed by atoms with Crippen LogP contribution in [0.5, 0.6) is 0 Å². The molecule has 0 aliphatic rings. The SMILES string of the molecule is Clc1ccccc1CN(Cc1nn[nH]n1)c1ccccc1. The van der Waals surface area contributed by atoms with Crippen molar-refractivity contribution in [2.75, 3.05) is 4.90 Å². The summed E-state index contributed by atoms with van der Waals surface area (Å²) in [6.07, 6.45) is 0. The molecule has 0 saturated heterocycles. The van der Waals surface area contributed by atoms with Crippen LogP contribution in [0.4, 0.5) is 5.69 Å². The lowest BCUT2D eigenvalue weighted by molar-refractivity contribution is 0.758. The number of benzene rings is 2. The fourth-order valence-electron chi connectivity index (χ4n) is 2.13. The summed E-state index contributed by atoms with van der Waals surface area (Å²) in [6, 6.07) is 17.9. The monoisotopic (exact) mass is 299 g/mol. The molecule has 3 rings (SSSR count). The molecule has 106 valence electrons. The van der Waals surface area contributed by atoms with Crippen LogP contribution in [0.2, 0.25) is 5.02 Å². The van der Waals surface area contributed by atoms with E-state index in [0.717, 1.165) is 16.3 Å². The van der Waals surface area contributed by atoms with Crippen molar-refractivity contribution in [1.82, 2.24) is 20.6 Å². The topological polar surface area (TPSA) is 57.7 Å². The minimum atomic E-state index is 0.561. The third kappa shape index (κ3) is 3.38. The summed E-state index contributed by atoms with van der Waals surface area (Å²) < 4.78 is 0. The quantitative estimate of drug-likeness (QED) is 0.786. The normalized spacial score (nSPS) is 10.5. The summed E-state index contributed by atoms with van der Waals surface area (Å²) in [7, 11) is 0. The van der Waals surface area contributed by atoms with Gasteiger partial charge < -0.3 is 4.90 Å². The predicted octanol–water partition coefficient (Wildman–Crippen LogP) is 3.06. The minimum absolute atomic E-state index is 0.561. The van der Waals surface area contributed by atoms with Gasteiger partial charge in [-0.2, -0.15) is 5.21 Å². The molecule has 0 atom stereocenters. The number of rotatable bonds is 5. The van der Waals surface area contributed by atoms with Gasteiger partial charge in [0.1, 0.15) is 0 Å². The number of halogens is 1. The predicted molar refractivity (Wildman–Crippen MR) is 82.0 cm³/mol. The van der Waals surface area contributed by atoms with Gasteiger partial charge in [0, 0.05) is 17.3 Å². The number of hydrogen-bond donors (Lipinski definition) is 1. The smallest absolute Gasteiger partial charge is 0.193 e. The lowest BCUT2D eigenvalue weighted by Crippen LogP contribution is -2.23. The summed E-state index contributed by atoms with van der Waals surface area (Å²) in [4.78, 5) is 2.16. The average Bonchev–Trinajstić information content (AvgIpc) is 3.03. The van der Waals surface area contributed by atoms with E-state index in [-0.39, 0.29) is 0 Å². The van der Waals surface area contributed by atoms with Crippen molar-refractivity contribution in [3.8, 4) is 0 Å². The van der Waals surface area contributed by atoms with Gasteiger partial charge in [0.15, 0.2) is 5.82 Å². The van der Waals surface area contributed by atoms with E-state index in [9.17, 15) is 0 Å². The highest BCUT2D eigenvalue weighted by Crippen LogP contribution is 2.22. The highest BCUT2D eigenvalue weighted by molar-refractivity contribution is 6.31. The Morgan fingerprint density at radius 1 is 0.952 bits per heavy atom. The number of H-pyrrole nitrogens is 1. The molecule has 2 aromatic carbocycles. The van der Waals surface area contributed by atoms with E-state index in [4.69, 9.17) is 11.6 Å². The second-order valence-electron chi connectivity index (χ2n) is 4.61. The number of nitrogens with one attached hydrogen (secondary N) is 1. The molecule has 21 heavy (non-hydrogen) atoms. The van der Waals surface area contributed by atoms with Crippen LogP contribution in [-0.2, 0) is 13.1 Å². The van der Waals surface area contributed by atoms with Gasteiger partial charge >= 0.3 is 0 Å². The van der Waals surface area contributed by atoms with Gasteiger partial charge in [-0.05, 0) is 23.8 Å². The number of aromatic amines is 1. The van der Waals surface area contributed by atoms with Crippen molar-refractivity contribution < 1.29 is 0 Å². The molecule has 3 aromatic rings. The van der Waals surface area contributed by atoms with Crippen LogP contribution in [0.25, 0.3) is 0 Å². The Balaban J connectivity index is 1.87. The number of para-hydroxylation sites is 1. The van der Waals surface area contributed by atoms with Gasteiger partial charge in [-0.25, -0.2) is 0 Å². The Labute approximate surface area is 127 Å². The van der Waals surface area contributed by atoms with Crippen LogP contribution < -0.4 is 4.90 Å². The maximum atomic E-state index is 6.26. The molecule has 0 aliphatic heterocycles. The van der Waals surface area contributed by atoms with Crippen LogP contribution >= 0.6 is 11.6 Å². The van der Waals surface area contributed by atoms with E-state index < -0.39 is 0 Å². The van der Waals surface area contributed by atoms with Crippen molar-refractivity contribution in [2.45, 2.75) is 13.1 Å². The van der Waals surface area contributed by atoms with Gasteiger partial charge in [0.2, 0.25) is 0 Å². The number of nitrogens with zero attached hydrogens (tertiary/aromatic N) is 4. The van der Waals surface area contributed by atoms with Crippen LogP contribution in [0.1, 0.15) is 11.4 Å². The Bertz CT molecular complexity index is 684. The van der Waals surface area contributed by atoms with Crippen molar-refractivity contribution in [3.63, 3.8) is 0 Å². The zero-order valence-corrected chi connectivity index (χ0v) is 12.0. The first kappa shape index (κ1) is 13.6. The zero-order valence-electron chi connectivity index (χ0n) is 11.3. The Morgan fingerprint density at radius 2 is 1.71 bits per heavy atom. The van der Waals surface area contributed by atoms with Gasteiger partial charge in [-0.3, -0.25) is 0 Å². The molecule has 1 N–H and O–H groups in total. The van der Waals surface area contributed by atoms with E-state index in [2.05, 4.69) is 37.7 Å². The van der Waals surface area contributed by atoms with Gasteiger partial charge in [-0.15, -0.1) is 10.2 Å². The number of anilines is 1. The zero-order chi connectivity index (χ0) is 14.5. The summed E-state index contributed by atoms with van der Waals surface area (Å²) in [5.41, 5.74) is 2.15. The van der Waals surface area contributed by atoms with Crippen molar-refractivity contribution >= 4 is 17.3 Å². The maximum absolute atomic E-state index is 6.26. The molecule has 0 aliphatic carbocycles. The molecule has 0 fully saturated rings. The maximum Gasteiger partial charge on any atom is 0.193 e. The third-order valence-corrected chi connectivity index (χ3v) is 3.53. The second kappa shape index (κ2) is 6.37. The molecule has 0 spiro atoms. The second-order valence-corrected chi connectivity index (χ2v) is 5.02. The van der Waals surface area contributed by atoms with Crippen molar-refractivity contribution in [1.29, 1.82) is 0 Å². The van der Waals surface area contributed by atoms with Crippen LogP contribution in [0.15, 0.2) is 54.6 Å². The van der Waals surface area contributed by atoms with E-state index in [1.165, 1.54) is 0 Å². The molecule has 0 radical (unpaired) electrons. The lowest BCUT2D eigenvalue weighted by atomic mass is 10.2. The standard InChI is InChI=1S/C15H14ClN5/c16-14-9-5-4-6-12(14)10-21(11-15-17-19-20-18-15)13-7-2-1-3-8-13/h1-9H,10-11H2,(H,17,18,19,20). The molecular weight excluding hydrogens is 286 g/mol. The molecule has 0 bridgehead atoms. The molecule has 6 heteroatoms. The Morgan fingerprint density at radius 3 is 2.43 bits per heavy atom. The molecule has 1 aromatic heterocycles. The molecule has 0 amide bonds. The fourth-order valence-corrected chi connectivity index (χ4v) is 2.33. The summed E-state index contributed by atoms with van der Waals surface area (Å²) in [6.45, 7) is 1.24. The first-order chi connectivity index (χ1) is 10.3. The Hall–Kier alpha value is -2.40. The third-order valence-electron chi connectivity index (χ3n) is 3.16. The number of aromatic nitrogens is 4. The van der Waals surface area contributed by atoms with Crippen LogP contribution in [-0.4, -0.2) is 20.6 Å².